The number of methoxy groups -OCH3 is 1. The number of halogens is 2. The summed E-state index contributed by atoms with van der Waals surface area (Å²) in [5.41, 5.74) is 0.736. The molecule has 0 atom stereocenters. The van der Waals surface area contributed by atoms with Gasteiger partial charge in [0.05, 0.1) is 17.8 Å². The fourth-order valence-corrected chi connectivity index (χ4v) is 3.25. The molecule has 0 aliphatic carbocycles. The monoisotopic (exact) mass is 292 g/mol. The zero-order chi connectivity index (χ0) is 11.5. The highest BCUT2D eigenvalue weighted by Gasteiger charge is 2.02. The number of benzene rings is 1. The Kier molecular flexibility index (Phi) is 3.81. The zero-order valence-corrected chi connectivity index (χ0v) is 11.3. The van der Waals surface area contributed by atoms with E-state index in [9.17, 15) is 0 Å². The lowest BCUT2D eigenvalue weighted by molar-refractivity contribution is 0.415. The van der Waals surface area contributed by atoms with Crippen LogP contribution in [0.15, 0.2) is 23.2 Å². The number of ether oxygens (including phenoxy) is 1. The zero-order valence-electron chi connectivity index (χ0n) is 8.11. The molecule has 0 aliphatic rings. The van der Waals surface area contributed by atoms with E-state index in [-0.39, 0.29) is 0 Å². The van der Waals surface area contributed by atoms with Crippen molar-refractivity contribution in [3.05, 3.63) is 33.0 Å². The summed E-state index contributed by atoms with van der Waals surface area (Å²) in [4.78, 5) is 4.35. The van der Waals surface area contributed by atoms with E-state index >= 15 is 0 Å². The van der Waals surface area contributed by atoms with Crippen molar-refractivity contribution in [1.29, 1.82) is 0 Å². The largest absolute Gasteiger partial charge is 0.495 e. The van der Waals surface area contributed by atoms with E-state index in [0.29, 0.717) is 20.6 Å². The number of hydrogen-bond acceptors (Lipinski definition) is 5. The SMILES string of the molecule is COc1cc(/N=c2\ssnc2Cl)ccc1Cl. The van der Waals surface area contributed by atoms with Crippen LogP contribution in [0.3, 0.4) is 0 Å². The topological polar surface area (TPSA) is 34.5 Å². The Labute approximate surface area is 110 Å². The third kappa shape index (κ3) is 2.55. The fourth-order valence-electron chi connectivity index (χ4n) is 1.06. The second kappa shape index (κ2) is 5.14. The summed E-state index contributed by atoms with van der Waals surface area (Å²) in [6.07, 6.45) is 0. The van der Waals surface area contributed by atoms with Crippen LogP contribution in [0.4, 0.5) is 5.69 Å². The van der Waals surface area contributed by atoms with E-state index in [1.165, 1.54) is 20.9 Å². The van der Waals surface area contributed by atoms with Crippen LogP contribution in [0.25, 0.3) is 0 Å². The summed E-state index contributed by atoms with van der Waals surface area (Å²) in [6.45, 7) is 0. The quantitative estimate of drug-likeness (QED) is 0.790. The molecular formula is C9H6Cl2N2OS2. The molecule has 2 aromatic rings. The van der Waals surface area contributed by atoms with Crippen molar-refractivity contribution in [2.45, 2.75) is 0 Å². The van der Waals surface area contributed by atoms with Crippen LogP contribution in [0.2, 0.25) is 10.2 Å². The molecule has 2 rings (SSSR count). The Bertz CT molecular complexity index is 565. The van der Waals surface area contributed by atoms with Crippen molar-refractivity contribution < 1.29 is 4.74 Å². The molecule has 0 spiro atoms. The van der Waals surface area contributed by atoms with Crippen molar-refractivity contribution in [2.75, 3.05) is 7.11 Å². The maximum absolute atomic E-state index is 5.91. The predicted octanol–water partition coefficient (Wildman–Crippen LogP) is 3.75. The van der Waals surface area contributed by atoms with Crippen molar-refractivity contribution in [1.82, 2.24) is 4.37 Å². The van der Waals surface area contributed by atoms with Gasteiger partial charge in [0.1, 0.15) is 5.75 Å². The number of nitrogens with zero attached hydrogens (tertiary/aromatic N) is 2. The number of rotatable bonds is 2. The van der Waals surface area contributed by atoms with Crippen LogP contribution < -0.4 is 9.41 Å². The highest BCUT2D eigenvalue weighted by Crippen LogP contribution is 2.28. The Morgan fingerprint density at radius 1 is 1.38 bits per heavy atom. The molecule has 0 saturated heterocycles. The molecule has 3 nitrogen and oxygen atoms in total. The van der Waals surface area contributed by atoms with E-state index in [1.807, 2.05) is 0 Å². The Hall–Kier alpha value is -0.620. The van der Waals surface area contributed by atoms with Gasteiger partial charge < -0.3 is 4.74 Å². The molecule has 1 aromatic carbocycles. The minimum Gasteiger partial charge on any atom is -0.495 e. The average Bonchev–Trinajstić information content (AvgIpc) is 2.67. The van der Waals surface area contributed by atoms with Crippen LogP contribution >= 0.6 is 44.1 Å². The normalized spacial score (nSPS) is 11.8. The van der Waals surface area contributed by atoms with Crippen LogP contribution in [0, 0.1) is 0 Å². The summed E-state index contributed by atoms with van der Waals surface area (Å²) in [7, 11) is 4.29. The summed E-state index contributed by atoms with van der Waals surface area (Å²) in [6, 6.07) is 5.28. The molecule has 0 bridgehead atoms. The van der Waals surface area contributed by atoms with Crippen LogP contribution in [0.1, 0.15) is 0 Å². The average molecular weight is 293 g/mol. The lowest BCUT2D eigenvalue weighted by Gasteiger charge is -2.02. The number of hydrogen-bond donors (Lipinski definition) is 0. The van der Waals surface area contributed by atoms with Gasteiger partial charge in [0.25, 0.3) is 0 Å². The first-order valence-electron chi connectivity index (χ1n) is 4.20. The molecule has 0 unspecified atom stereocenters. The van der Waals surface area contributed by atoms with Gasteiger partial charge in [-0.3, -0.25) is 0 Å². The van der Waals surface area contributed by atoms with Crippen LogP contribution in [0.5, 0.6) is 5.75 Å². The highest BCUT2D eigenvalue weighted by atomic mass is 35.5. The second-order valence-electron chi connectivity index (χ2n) is 2.78. The maximum Gasteiger partial charge on any atom is 0.179 e. The summed E-state index contributed by atoms with van der Waals surface area (Å²) >= 11 is 11.8. The number of aromatic nitrogens is 1. The van der Waals surface area contributed by atoms with Gasteiger partial charge in [-0.25, -0.2) is 4.99 Å². The molecule has 0 amide bonds. The third-order valence-electron chi connectivity index (χ3n) is 1.78. The second-order valence-corrected chi connectivity index (χ2v) is 5.37. The van der Waals surface area contributed by atoms with Crippen molar-refractivity contribution in [3.8, 4) is 5.75 Å². The molecule has 0 radical (unpaired) electrons. The van der Waals surface area contributed by atoms with Crippen LogP contribution in [-0.2, 0) is 0 Å². The first-order chi connectivity index (χ1) is 7.70. The van der Waals surface area contributed by atoms with Gasteiger partial charge in [-0.05, 0) is 22.5 Å². The lowest BCUT2D eigenvalue weighted by atomic mass is 10.3. The van der Waals surface area contributed by atoms with E-state index in [2.05, 4.69) is 9.37 Å². The predicted molar refractivity (Wildman–Crippen MR) is 68.2 cm³/mol. The van der Waals surface area contributed by atoms with Gasteiger partial charge in [-0.15, -0.1) is 0 Å². The Morgan fingerprint density at radius 2 is 2.19 bits per heavy atom. The maximum atomic E-state index is 5.91. The first-order valence-corrected chi connectivity index (χ1v) is 7.07. The molecule has 0 N–H and O–H groups in total. The molecule has 1 aromatic heterocycles. The van der Waals surface area contributed by atoms with Gasteiger partial charge in [-0.1, -0.05) is 23.2 Å². The lowest BCUT2D eigenvalue weighted by Crippen LogP contribution is -1.92. The van der Waals surface area contributed by atoms with Crippen LogP contribution in [-0.4, -0.2) is 11.5 Å². The van der Waals surface area contributed by atoms with Gasteiger partial charge in [-0.2, -0.15) is 4.37 Å². The third-order valence-corrected chi connectivity index (χ3v) is 4.26. The molecule has 1 heterocycles. The molecule has 0 aliphatic heterocycles. The van der Waals surface area contributed by atoms with Gasteiger partial charge in [0.15, 0.2) is 9.82 Å². The molecule has 0 saturated carbocycles. The van der Waals surface area contributed by atoms with E-state index < -0.39 is 0 Å². The minimum absolute atomic E-state index is 0.420. The molecule has 16 heavy (non-hydrogen) atoms. The van der Waals surface area contributed by atoms with E-state index in [4.69, 9.17) is 27.9 Å². The van der Waals surface area contributed by atoms with Gasteiger partial charge in [0, 0.05) is 16.6 Å². The van der Waals surface area contributed by atoms with Gasteiger partial charge in [0.2, 0.25) is 0 Å². The van der Waals surface area contributed by atoms with E-state index in [0.717, 1.165) is 5.69 Å². The molecule has 84 valence electrons. The summed E-state index contributed by atoms with van der Waals surface area (Å²) in [5, 5.41) is 0.976. The standard InChI is InChI=1S/C9H6Cl2N2OS2/c1-14-7-4-5(2-3-6(7)10)12-9-8(11)13-16-15-9/h2-4H,1H3/b12-9-. The molecule has 7 heteroatoms. The van der Waals surface area contributed by atoms with Crippen molar-refractivity contribution in [2.24, 2.45) is 4.99 Å². The minimum atomic E-state index is 0.420. The first kappa shape index (κ1) is 11.9. The smallest absolute Gasteiger partial charge is 0.179 e. The molecule has 0 fully saturated rings. The summed E-state index contributed by atoms with van der Waals surface area (Å²) in [5.74, 6) is 0.590. The summed E-state index contributed by atoms with van der Waals surface area (Å²) < 4.78 is 9.74. The van der Waals surface area contributed by atoms with E-state index in [1.54, 1.807) is 25.3 Å². The highest BCUT2D eigenvalue weighted by molar-refractivity contribution is 7.66. The van der Waals surface area contributed by atoms with Crippen molar-refractivity contribution >= 4 is 49.8 Å². The fraction of sp³-hybridized carbons (Fsp3) is 0.111. The van der Waals surface area contributed by atoms with Gasteiger partial charge >= 0.3 is 0 Å². The Balaban J connectivity index is 2.47. The van der Waals surface area contributed by atoms with Crippen molar-refractivity contribution in [3.63, 3.8) is 0 Å². The Morgan fingerprint density at radius 3 is 2.81 bits per heavy atom. The molecular weight excluding hydrogens is 287 g/mol.